The Kier molecular flexibility index (Phi) is 1.39. The van der Waals surface area contributed by atoms with Crippen molar-refractivity contribution in [3.8, 4) is 0 Å². The molecule has 0 radical (unpaired) electrons. The highest BCUT2D eigenvalue weighted by Gasteiger charge is 2.55. The number of fused-ring (bicyclic) bond motifs is 1. The van der Waals surface area contributed by atoms with E-state index in [0.29, 0.717) is 11.7 Å². The van der Waals surface area contributed by atoms with E-state index in [1.54, 1.807) is 0 Å². The molecule has 0 aromatic carbocycles. The summed E-state index contributed by atoms with van der Waals surface area (Å²) in [5, 5.41) is 0. The van der Waals surface area contributed by atoms with Crippen LogP contribution in [0.4, 0.5) is 0 Å². The molecular weight excluding hydrogens is 167 g/mol. The Balaban J connectivity index is 1.97. The van der Waals surface area contributed by atoms with E-state index in [1.807, 2.05) is 0 Å². The van der Waals surface area contributed by atoms with Gasteiger partial charge in [0.25, 0.3) is 0 Å². The normalized spacial score (nSPS) is 23.4. The lowest BCUT2D eigenvalue weighted by atomic mass is 10.2. The predicted octanol–water partition coefficient (Wildman–Crippen LogP) is 2.53. The van der Waals surface area contributed by atoms with E-state index in [1.165, 1.54) is 0 Å². The Morgan fingerprint density at radius 2 is 2.09 bits per heavy atom. The van der Waals surface area contributed by atoms with Crippen LogP contribution in [0.15, 0.2) is 11.7 Å². The van der Waals surface area contributed by atoms with Crippen LogP contribution in [0.25, 0.3) is 0 Å². The predicted molar refractivity (Wildman–Crippen MR) is 37.4 cm³/mol. The highest BCUT2D eigenvalue weighted by molar-refractivity contribution is 7.50. The zero-order valence-corrected chi connectivity index (χ0v) is 7.10. The van der Waals surface area contributed by atoms with Crippen LogP contribution in [0, 0.1) is 0 Å². The molecule has 62 valence electrons. The number of hydrogen-bond donors (Lipinski definition) is 0. The largest absolute Gasteiger partial charge is 0.651 e. The summed E-state index contributed by atoms with van der Waals surface area (Å²) in [6, 6.07) is 0. The third kappa shape index (κ3) is 1.02. The van der Waals surface area contributed by atoms with Crippen LogP contribution in [-0.2, 0) is 18.1 Å². The average molecular weight is 176 g/mol. The maximum absolute atomic E-state index is 10.9. The van der Waals surface area contributed by atoms with Gasteiger partial charge in [-0.3, -0.25) is 0 Å². The standard InChI is InChI=1S/C6H9O4P/c1-2-3-4-5-6-9-11(7,8-5)10-6/h2-4H2,1H3. The summed E-state index contributed by atoms with van der Waals surface area (Å²) in [5.74, 6) is 0.956. The zero-order valence-electron chi connectivity index (χ0n) is 6.20. The summed E-state index contributed by atoms with van der Waals surface area (Å²) in [4.78, 5) is 0. The van der Waals surface area contributed by atoms with Crippen molar-refractivity contribution >= 4 is 7.82 Å². The van der Waals surface area contributed by atoms with Gasteiger partial charge in [0.2, 0.25) is 0 Å². The molecule has 0 amide bonds. The first-order chi connectivity index (χ1) is 5.23. The van der Waals surface area contributed by atoms with Crippen molar-refractivity contribution in [1.29, 1.82) is 0 Å². The molecule has 1 saturated heterocycles. The second-order valence-corrected chi connectivity index (χ2v) is 3.98. The third-order valence-corrected chi connectivity index (χ3v) is 2.82. The molecule has 0 unspecified atom stereocenters. The molecule has 11 heavy (non-hydrogen) atoms. The maximum atomic E-state index is 10.9. The van der Waals surface area contributed by atoms with Crippen LogP contribution in [0.1, 0.15) is 26.2 Å². The fourth-order valence-electron chi connectivity index (χ4n) is 1.01. The lowest BCUT2D eigenvalue weighted by molar-refractivity contribution is 0.0985. The van der Waals surface area contributed by atoms with Gasteiger partial charge in [-0.15, -0.1) is 0 Å². The fourth-order valence-corrected chi connectivity index (χ4v) is 2.14. The molecule has 0 N–H and O–H groups in total. The topological polar surface area (TPSA) is 44.8 Å². The van der Waals surface area contributed by atoms with Crippen molar-refractivity contribution in [2.45, 2.75) is 26.2 Å². The molecule has 0 aromatic heterocycles. The van der Waals surface area contributed by atoms with Crippen LogP contribution in [0.2, 0.25) is 0 Å². The summed E-state index contributed by atoms with van der Waals surface area (Å²) in [6.45, 7) is 2.08. The molecule has 0 spiro atoms. The summed E-state index contributed by atoms with van der Waals surface area (Å²) < 4.78 is 25.3. The van der Waals surface area contributed by atoms with Gasteiger partial charge in [0.15, 0.2) is 5.76 Å². The first kappa shape index (κ1) is 7.04. The zero-order chi connectivity index (χ0) is 7.90. The summed E-state index contributed by atoms with van der Waals surface area (Å²) >= 11 is 0. The van der Waals surface area contributed by atoms with E-state index in [-0.39, 0.29) is 0 Å². The van der Waals surface area contributed by atoms with E-state index in [0.717, 1.165) is 19.3 Å². The molecule has 0 saturated carbocycles. The van der Waals surface area contributed by atoms with E-state index >= 15 is 0 Å². The van der Waals surface area contributed by atoms with Gasteiger partial charge in [0.05, 0.1) is 0 Å². The molecule has 0 aromatic rings. The third-order valence-electron chi connectivity index (χ3n) is 1.60. The number of unbranched alkanes of at least 4 members (excludes halogenated alkanes) is 1. The Morgan fingerprint density at radius 3 is 2.55 bits per heavy atom. The van der Waals surface area contributed by atoms with Gasteiger partial charge in [-0.1, -0.05) is 13.3 Å². The van der Waals surface area contributed by atoms with Crippen LogP contribution < -0.4 is 0 Å². The van der Waals surface area contributed by atoms with Crippen molar-refractivity contribution in [3.05, 3.63) is 11.7 Å². The number of rotatable bonds is 3. The monoisotopic (exact) mass is 176 g/mol. The minimum atomic E-state index is -3.07. The Morgan fingerprint density at radius 1 is 1.36 bits per heavy atom. The van der Waals surface area contributed by atoms with Crippen LogP contribution in [-0.4, -0.2) is 0 Å². The smallest absolute Gasteiger partial charge is 0.383 e. The number of phosphoric ester groups is 1. The molecule has 0 aliphatic carbocycles. The molecule has 3 heterocycles. The van der Waals surface area contributed by atoms with Crippen molar-refractivity contribution in [3.63, 3.8) is 0 Å². The number of phosphoric acid groups is 1. The van der Waals surface area contributed by atoms with E-state index in [2.05, 4.69) is 6.92 Å². The molecule has 4 nitrogen and oxygen atoms in total. The molecule has 2 bridgehead atoms. The quantitative estimate of drug-likeness (QED) is 0.619. The number of allylic oxidation sites excluding steroid dienone is 1. The van der Waals surface area contributed by atoms with Gasteiger partial charge in [0.1, 0.15) is 0 Å². The van der Waals surface area contributed by atoms with Crippen molar-refractivity contribution in [2.75, 3.05) is 0 Å². The molecule has 3 rings (SSSR count). The van der Waals surface area contributed by atoms with Gasteiger partial charge in [-0.25, -0.2) is 0 Å². The molecule has 1 fully saturated rings. The van der Waals surface area contributed by atoms with Gasteiger partial charge in [0, 0.05) is 6.42 Å². The van der Waals surface area contributed by atoms with Gasteiger partial charge < -0.3 is 13.6 Å². The number of hydrogen-bond acceptors (Lipinski definition) is 4. The Labute approximate surface area is 64.8 Å². The molecule has 5 heteroatoms. The highest BCUT2D eigenvalue weighted by Crippen LogP contribution is 2.70. The summed E-state index contributed by atoms with van der Waals surface area (Å²) in [6.07, 6.45) is 2.84. The Hall–Kier alpha value is -0.630. The summed E-state index contributed by atoms with van der Waals surface area (Å²) in [7, 11) is -3.07. The SMILES string of the molecule is CCCCC1=C2OP(=O)(O1)O2. The second-order valence-electron chi connectivity index (χ2n) is 2.54. The van der Waals surface area contributed by atoms with Crippen LogP contribution >= 0.6 is 7.82 Å². The van der Waals surface area contributed by atoms with Crippen molar-refractivity contribution in [2.24, 2.45) is 0 Å². The summed E-state index contributed by atoms with van der Waals surface area (Å²) in [5.41, 5.74) is 0. The molecule has 3 aliphatic rings. The minimum absolute atomic E-state index is 0.335. The second kappa shape index (κ2) is 2.18. The van der Waals surface area contributed by atoms with Crippen molar-refractivity contribution in [1.82, 2.24) is 0 Å². The first-order valence-corrected chi connectivity index (χ1v) is 5.11. The molecule has 3 aliphatic heterocycles. The van der Waals surface area contributed by atoms with Gasteiger partial charge >= 0.3 is 13.8 Å². The first-order valence-electron chi connectivity index (χ1n) is 3.65. The fraction of sp³-hybridized carbons (Fsp3) is 0.667. The van der Waals surface area contributed by atoms with Gasteiger partial charge in [-0.2, -0.15) is 4.57 Å². The minimum Gasteiger partial charge on any atom is -0.383 e. The van der Waals surface area contributed by atoms with Gasteiger partial charge in [-0.05, 0) is 6.42 Å². The van der Waals surface area contributed by atoms with E-state index < -0.39 is 7.82 Å². The highest BCUT2D eigenvalue weighted by atomic mass is 31.2. The Bertz CT molecular complexity index is 245. The van der Waals surface area contributed by atoms with Crippen LogP contribution in [0.5, 0.6) is 0 Å². The van der Waals surface area contributed by atoms with E-state index in [4.69, 9.17) is 13.6 Å². The lowest BCUT2D eigenvalue weighted by Crippen LogP contribution is -1.99. The average Bonchev–Trinajstić information content (AvgIpc) is 2.36. The molecular formula is C6H9O4P. The maximum Gasteiger partial charge on any atom is 0.651 e. The van der Waals surface area contributed by atoms with Crippen molar-refractivity contribution < 1.29 is 18.1 Å². The lowest BCUT2D eigenvalue weighted by Gasteiger charge is -2.15. The molecule has 0 atom stereocenters. The van der Waals surface area contributed by atoms with Crippen LogP contribution in [0.3, 0.4) is 0 Å². The van der Waals surface area contributed by atoms with E-state index in [9.17, 15) is 4.57 Å².